The normalized spacial score (nSPS) is 10.6. The molecule has 1 aromatic heterocycles. The summed E-state index contributed by atoms with van der Waals surface area (Å²) in [6.45, 7) is -2.92. The molecule has 0 atom stereocenters. The predicted octanol–water partition coefficient (Wildman–Crippen LogP) is 2.94. The molecule has 0 fully saturated rings. The molecule has 0 aliphatic rings. The third-order valence-corrected chi connectivity index (χ3v) is 2.41. The number of ether oxygens (including phenoxy) is 1. The lowest BCUT2D eigenvalue weighted by atomic mass is 10.3. The second-order valence-corrected chi connectivity index (χ2v) is 3.74. The monoisotopic (exact) mass is 282 g/mol. The van der Waals surface area contributed by atoms with Crippen LogP contribution in [0.1, 0.15) is 6.55 Å². The van der Waals surface area contributed by atoms with Crippen molar-refractivity contribution >= 4 is 5.69 Å². The third-order valence-electron chi connectivity index (χ3n) is 2.41. The second kappa shape index (κ2) is 5.47. The fourth-order valence-corrected chi connectivity index (χ4v) is 1.47. The summed E-state index contributed by atoms with van der Waals surface area (Å²) in [5.41, 5.74) is -1.01. The van der Waals surface area contributed by atoms with Gasteiger partial charge in [-0.1, -0.05) is 0 Å². The zero-order chi connectivity index (χ0) is 14.7. The van der Waals surface area contributed by atoms with Crippen LogP contribution in [0, 0.1) is 10.1 Å². The molecule has 1 aromatic carbocycles. The van der Waals surface area contributed by atoms with Crippen LogP contribution in [-0.4, -0.2) is 9.49 Å². The molecule has 0 amide bonds. The molecule has 0 bridgehead atoms. The van der Waals surface area contributed by atoms with Gasteiger partial charge in [-0.2, -0.15) is 8.78 Å². The number of rotatable bonds is 4. The molecule has 104 valence electrons. The van der Waals surface area contributed by atoms with E-state index in [4.69, 9.17) is 4.74 Å². The molecule has 1 heterocycles. The van der Waals surface area contributed by atoms with Gasteiger partial charge in [0.1, 0.15) is 11.5 Å². The van der Waals surface area contributed by atoms with Crippen LogP contribution >= 0.6 is 0 Å². The quantitative estimate of drug-likeness (QED) is 0.638. The Morgan fingerprint density at radius 1 is 1.15 bits per heavy atom. The summed E-state index contributed by atoms with van der Waals surface area (Å²) in [4.78, 5) is 21.2. The molecule has 20 heavy (non-hydrogen) atoms. The molecule has 0 unspecified atom stereocenters. The molecule has 0 radical (unpaired) electrons. The number of nitro benzene ring substituents is 1. The average Bonchev–Trinajstić information content (AvgIpc) is 2.39. The smallest absolute Gasteiger partial charge is 0.321 e. The van der Waals surface area contributed by atoms with Crippen LogP contribution in [0.2, 0.25) is 0 Å². The maximum Gasteiger partial charge on any atom is 0.321 e. The number of non-ortho nitro benzene ring substituents is 1. The number of benzene rings is 1. The van der Waals surface area contributed by atoms with E-state index in [1.165, 1.54) is 30.3 Å². The average molecular weight is 282 g/mol. The summed E-state index contributed by atoms with van der Waals surface area (Å²) in [7, 11) is 0. The summed E-state index contributed by atoms with van der Waals surface area (Å²) < 4.78 is 30.2. The van der Waals surface area contributed by atoms with Gasteiger partial charge in [-0.05, 0) is 18.2 Å². The molecule has 0 saturated heterocycles. The van der Waals surface area contributed by atoms with Crippen LogP contribution in [0.25, 0.3) is 0 Å². The molecule has 0 aliphatic heterocycles. The van der Waals surface area contributed by atoms with Crippen LogP contribution in [0.4, 0.5) is 14.5 Å². The van der Waals surface area contributed by atoms with Gasteiger partial charge in [0.05, 0.1) is 4.92 Å². The topological polar surface area (TPSA) is 74.4 Å². The van der Waals surface area contributed by atoms with E-state index in [0.717, 1.165) is 12.3 Å². The maximum atomic E-state index is 12.4. The van der Waals surface area contributed by atoms with Crippen LogP contribution < -0.4 is 10.3 Å². The zero-order valence-electron chi connectivity index (χ0n) is 9.90. The molecule has 2 aromatic rings. The number of hydrogen-bond donors (Lipinski definition) is 0. The van der Waals surface area contributed by atoms with Crippen molar-refractivity contribution in [2.75, 3.05) is 0 Å². The number of nitrogens with zero attached hydrogens (tertiary/aromatic N) is 2. The largest absolute Gasteiger partial charge is 0.457 e. The Hall–Kier alpha value is -2.77. The van der Waals surface area contributed by atoms with Gasteiger partial charge in [0.25, 0.3) is 11.2 Å². The van der Waals surface area contributed by atoms with Gasteiger partial charge < -0.3 is 4.74 Å². The SMILES string of the molecule is O=c1cc(Oc2ccc([N+](=O)[O-])cc2)ccn1C(F)F. The fourth-order valence-electron chi connectivity index (χ4n) is 1.47. The highest BCUT2D eigenvalue weighted by Gasteiger charge is 2.09. The summed E-state index contributed by atoms with van der Waals surface area (Å²) in [5.74, 6) is 0.325. The maximum absolute atomic E-state index is 12.4. The van der Waals surface area contributed by atoms with Gasteiger partial charge in [-0.15, -0.1) is 0 Å². The van der Waals surface area contributed by atoms with Crippen molar-refractivity contribution in [2.45, 2.75) is 6.55 Å². The van der Waals surface area contributed by atoms with Crippen molar-refractivity contribution in [3.05, 3.63) is 63.1 Å². The Labute approximate surface area is 111 Å². The standard InChI is InChI=1S/C12H8F2N2O4/c13-12(14)15-6-5-10(7-11(15)17)20-9-3-1-8(2-4-9)16(18)19/h1-7,12H. The lowest BCUT2D eigenvalue weighted by Gasteiger charge is -2.07. The number of aromatic nitrogens is 1. The first-order valence-electron chi connectivity index (χ1n) is 5.40. The van der Waals surface area contributed by atoms with Gasteiger partial charge >= 0.3 is 6.55 Å². The van der Waals surface area contributed by atoms with E-state index in [9.17, 15) is 23.7 Å². The Morgan fingerprint density at radius 2 is 1.80 bits per heavy atom. The summed E-state index contributed by atoms with van der Waals surface area (Å²) in [6.07, 6.45) is 0.910. The summed E-state index contributed by atoms with van der Waals surface area (Å²) >= 11 is 0. The van der Waals surface area contributed by atoms with E-state index in [1.807, 2.05) is 0 Å². The van der Waals surface area contributed by atoms with Crippen molar-refractivity contribution in [3.8, 4) is 11.5 Å². The first kappa shape index (κ1) is 13.7. The summed E-state index contributed by atoms with van der Waals surface area (Å²) in [5, 5.41) is 10.5. The molecular weight excluding hydrogens is 274 g/mol. The number of nitro groups is 1. The minimum absolute atomic E-state index is 0.0701. The highest BCUT2D eigenvalue weighted by Crippen LogP contribution is 2.23. The van der Waals surface area contributed by atoms with Gasteiger partial charge in [0, 0.05) is 24.4 Å². The van der Waals surface area contributed by atoms with E-state index < -0.39 is 17.0 Å². The van der Waals surface area contributed by atoms with Crippen molar-refractivity contribution in [1.82, 2.24) is 4.57 Å². The van der Waals surface area contributed by atoms with Crippen molar-refractivity contribution in [2.24, 2.45) is 0 Å². The molecule has 0 saturated carbocycles. The van der Waals surface area contributed by atoms with E-state index >= 15 is 0 Å². The fraction of sp³-hybridized carbons (Fsp3) is 0.0833. The van der Waals surface area contributed by atoms with Crippen molar-refractivity contribution in [1.29, 1.82) is 0 Å². The Bertz CT molecular complexity index is 683. The van der Waals surface area contributed by atoms with E-state index in [0.29, 0.717) is 0 Å². The van der Waals surface area contributed by atoms with Gasteiger partial charge in [0.2, 0.25) is 0 Å². The minimum Gasteiger partial charge on any atom is -0.457 e. The number of alkyl halides is 2. The predicted molar refractivity (Wildman–Crippen MR) is 65.1 cm³/mol. The van der Waals surface area contributed by atoms with Crippen LogP contribution in [0.15, 0.2) is 47.4 Å². The number of hydrogen-bond acceptors (Lipinski definition) is 4. The van der Waals surface area contributed by atoms with E-state index in [-0.39, 0.29) is 21.8 Å². The molecular formula is C12H8F2N2O4. The molecule has 0 aliphatic carbocycles. The Kier molecular flexibility index (Phi) is 3.74. The number of halogens is 2. The second-order valence-electron chi connectivity index (χ2n) is 3.74. The molecule has 8 heteroatoms. The van der Waals surface area contributed by atoms with Gasteiger partial charge in [0.15, 0.2) is 0 Å². The van der Waals surface area contributed by atoms with Crippen molar-refractivity contribution < 1.29 is 18.4 Å². The zero-order valence-corrected chi connectivity index (χ0v) is 9.90. The van der Waals surface area contributed by atoms with Gasteiger partial charge in [-0.25, -0.2) is 0 Å². The lowest BCUT2D eigenvalue weighted by molar-refractivity contribution is -0.384. The summed E-state index contributed by atoms with van der Waals surface area (Å²) in [6, 6.07) is 7.27. The van der Waals surface area contributed by atoms with Crippen LogP contribution in [-0.2, 0) is 0 Å². The first-order chi connectivity index (χ1) is 9.47. The molecule has 6 nitrogen and oxygen atoms in total. The van der Waals surface area contributed by atoms with E-state index in [1.54, 1.807) is 0 Å². The molecule has 2 rings (SSSR count). The minimum atomic E-state index is -2.92. The number of pyridine rings is 1. The Balaban J connectivity index is 2.20. The Morgan fingerprint density at radius 3 is 2.30 bits per heavy atom. The molecule has 0 spiro atoms. The molecule has 0 N–H and O–H groups in total. The lowest BCUT2D eigenvalue weighted by Crippen LogP contribution is -2.18. The van der Waals surface area contributed by atoms with Crippen molar-refractivity contribution in [3.63, 3.8) is 0 Å². The first-order valence-corrected chi connectivity index (χ1v) is 5.40. The highest BCUT2D eigenvalue weighted by molar-refractivity contribution is 5.38. The van der Waals surface area contributed by atoms with E-state index in [2.05, 4.69) is 0 Å². The highest BCUT2D eigenvalue weighted by atomic mass is 19.3. The third kappa shape index (κ3) is 2.97. The van der Waals surface area contributed by atoms with Crippen LogP contribution in [0.5, 0.6) is 11.5 Å². The van der Waals surface area contributed by atoms with Crippen LogP contribution in [0.3, 0.4) is 0 Å². The van der Waals surface area contributed by atoms with Gasteiger partial charge in [-0.3, -0.25) is 19.5 Å².